The van der Waals surface area contributed by atoms with Crippen molar-refractivity contribution >= 4 is 35.8 Å². The first-order valence-electron chi connectivity index (χ1n) is 13.8. The first-order valence-corrected chi connectivity index (χ1v) is 17.1. The predicted molar refractivity (Wildman–Crippen MR) is 168 cm³/mol. The molecule has 0 fully saturated rings. The first kappa shape index (κ1) is 29.2. The zero-order valence-electron chi connectivity index (χ0n) is 23.6. The fourth-order valence-electron chi connectivity index (χ4n) is 5.56. The minimum absolute atomic E-state index is 0.0950. The number of hydrogen-bond donors (Lipinski definition) is 0. The van der Waals surface area contributed by atoms with E-state index in [1.807, 2.05) is 121 Å². The average Bonchev–Trinajstić information content (AvgIpc) is 2.97. The molecule has 4 nitrogen and oxygen atoms in total. The molecule has 204 valence electrons. The Morgan fingerprint density at radius 1 is 0.487 bits per heavy atom. The van der Waals surface area contributed by atoms with E-state index >= 15 is 9.13 Å². The van der Waals surface area contributed by atoms with Crippen LogP contribution in [-0.4, -0.2) is 27.6 Å². The van der Waals surface area contributed by atoms with Gasteiger partial charge in [0.05, 0.1) is 6.17 Å². The van der Waals surface area contributed by atoms with Crippen LogP contribution in [0.15, 0.2) is 121 Å². The highest BCUT2D eigenvalue weighted by molar-refractivity contribution is 7.77. The standard InChI is InChI=1S/C33H40N2O2P2/c1-6-33(34(27(2)3)38(36,29-19-11-7-12-20-29)30-21-13-8-14-22-30)35(28(4)5)39(37,31-23-15-9-16-24-31)32-25-17-10-18-26-32/h7-28,33H,6H2,1-5H3. The van der Waals surface area contributed by atoms with Crippen LogP contribution in [0.4, 0.5) is 0 Å². The predicted octanol–water partition coefficient (Wildman–Crippen LogP) is 7.00. The summed E-state index contributed by atoms with van der Waals surface area (Å²) >= 11 is 0. The molecule has 0 bridgehead atoms. The van der Waals surface area contributed by atoms with Crippen LogP contribution in [-0.2, 0) is 9.13 Å². The summed E-state index contributed by atoms with van der Waals surface area (Å²) in [4.78, 5) is 0. The number of hydrogen-bond acceptors (Lipinski definition) is 2. The Morgan fingerprint density at radius 2 is 0.718 bits per heavy atom. The molecule has 0 atom stereocenters. The van der Waals surface area contributed by atoms with E-state index in [1.165, 1.54) is 0 Å². The molecular weight excluding hydrogens is 518 g/mol. The summed E-state index contributed by atoms with van der Waals surface area (Å²) in [6.07, 6.45) is 0.270. The van der Waals surface area contributed by atoms with Gasteiger partial charge in [-0.25, -0.2) is 9.34 Å². The largest absolute Gasteiger partial charge is 0.296 e. The second kappa shape index (κ2) is 12.6. The average molecular weight is 559 g/mol. The normalized spacial score (nSPS) is 12.7. The molecule has 39 heavy (non-hydrogen) atoms. The molecule has 0 saturated heterocycles. The SMILES string of the molecule is CCC(N(C(C)C)P(=O)(c1ccccc1)c1ccccc1)N(C(C)C)P(=O)(c1ccccc1)c1ccccc1. The van der Waals surface area contributed by atoms with Crippen molar-refractivity contribution in [2.45, 2.75) is 59.3 Å². The molecule has 0 spiro atoms. The fourth-order valence-corrected chi connectivity index (χ4v) is 12.2. The molecule has 4 aromatic rings. The van der Waals surface area contributed by atoms with Crippen molar-refractivity contribution in [2.24, 2.45) is 0 Å². The summed E-state index contributed by atoms with van der Waals surface area (Å²) in [5.74, 6) is 0. The molecule has 4 rings (SSSR count). The van der Waals surface area contributed by atoms with Crippen LogP contribution < -0.4 is 21.2 Å². The topological polar surface area (TPSA) is 40.6 Å². The molecule has 0 aliphatic heterocycles. The van der Waals surface area contributed by atoms with Crippen LogP contribution in [0.25, 0.3) is 0 Å². The number of nitrogens with zero attached hydrogens (tertiary/aromatic N) is 2. The van der Waals surface area contributed by atoms with E-state index in [0.717, 1.165) is 21.2 Å². The number of rotatable bonds is 11. The van der Waals surface area contributed by atoms with E-state index in [-0.39, 0.29) is 18.2 Å². The Hall–Kier alpha value is -2.74. The lowest BCUT2D eigenvalue weighted by Gasteiger charge is -2.49. The minimum Gasteiger partial charge on any atom is -0.296 e. The van der Waals surface area contributed by atoms with Crippen molar-refractivity contribution in [2.75, 3.05) is 0 Å². The molecule has 4 aromatic carbocycles. The van der Waals surface area contributed by atoms with Gasteiger partial charge in [0.1, 0.15) is 0 Å². The van der Waals surface area contributed by atoms with Crippen LogP contribution in [0.5, 0.6) is 0 Å². The second-order valence-electron chi connectivity index (χ2n) is 10.3. The molecule has 6 heteroatoms. The highest BCUT2D eigenvalue weighted by atomic mass is 31.2. The lowest BCUT2D eigenvalue weighted by Crippen LogP contribution is -2.54. The van der Waals surface area contributed by atoms with Crippen molar-refractivity contribution in [3.63, 3.8) is 0 Å². The monoisotopic (exact) mass is 558 g/mol. The third-order valence-corrected chi connectivity index (χ3v) is 13.9. The maximum absolute atomic E-state index is 15.7. The highest BCUT2D eigenvalue weighted by Crippen LogP contribution is 2.57. The molecule has 0 saturated carbocycles. The summed E-state index contributed by atoms with van der Waals surface area (Å²) < 4.78 is 35.7. The van der Waals surface area contributed by atoms with E-state index in [9.17, 15) is 0 Å². The molecule has 0 aromatic heterocycles. The van der Waals surface area contributed by atoms with Crippen molar-refractivity contribution in [1.29, 1.82) is 0 Å². The van der Waals surface area contributed by atoms with Gasteiger partial charge >= 0.3 is 0 Å². The van der Waals surface area contributed by atoms with E-state index in [2.05, 4.69) is 44.0 Å². The number of benzene rings is 4. The van der Waals surface area contributed by atoms with Gasteiger partial charge in [0, 0.05) is 33.3 Å². The zero-order valence-corrected chi connectivity index (χ0v) is 25.4. The molecule has 0 aliphatic carbocycles. The smallest absolute Gasteiger partial charge is 0.208 e. The molecular formula is C33H40N2O2P2. The molecule has 0 aliphatic rings. The Labute approximate surface area is 234 Å². The van der Waals surface area contributed by atoms with E-state index in [4.69, 9.17) is 0 Å². The summed E-state index contributed by atoms with van der Waals surface area (Å²) in [5, 5.41) is 3.12. The van der Waals surface area contributed by atoms with Gasteiger partial charge in [0.15, 0.2) is 0 Å². The van der Waals surface area contributed by atoms with Gasteiger partial charge in [-0.05, 0) is 82.6 Å². The summed E-state index contributed by atoms with van der Waals surface area (Å²) in [6.45, 7) is 10.5. The quantitative estimate of drug-likeness (QED) is 0.147. The lowest BCUT2D eigenvalue weighted by atomic mass is 10.2. The van der Waals surface area contributed by atoms with Crippen LogP contribution in [0.3, 0.4) is 0 Å². The third-order valence-electron chi connectivity index (χ3n) is 7.11. The van der Waals surface area contributed by atoms with Gasteiger partial charge in [-0.1, -0.05) is 79.7 Å². The van der Waals surface area contributed by atoms with Gasteiger partial charge in [-0.15, -0.1) is 0 Å². The van der Waals surface area contributed by atoms with E-state index < -0.39 is 14.6 Å². The molecule has 0 radical (unpaired) electrons. The molecule has 0 N–H and O–H groups in total. The fraction of sp³-hybridized carbons (Fsp3) is 0.273. The maximum Gasteiger partial charge on any atom is 0.208 e. The Bertz CT molecular complexity index is 1220. The van der Waals surface area contributed by atoms with Crippen molar-refractivity contribution < 1.29 is 9.13 Å². The van der Waals surface area contributed by atoms with Crippen LogP contribution in [0.1, 0.15) is 41.0 Å². The Morgan fingerprint density at radius 3 is 0.897 bits per heavy atom. The van der Waals surface area contributed by atoms with Gasteiger partial charge < -0.3 is 0 Å². The van der Waals surface area contributed by atoms with Gasteiger partial charge in [-0.3, -0.25) is 9.13 Å². The lowest BCUT2D eigenvalue weighted by molar-refractivity contribution is 0.129. The maximum atomic E-state index is 15.7. The van der Waals surface area contributed by atoms with Gasteiger partial charge in [0.2, 0.25) is 14.6 Å². The van der Waals surface area contributed by atoms with Crippen molar-refractivity contribution in [3.05, 3.63) is 121 Å². The second-order valence-corrected chi connectivity index (χ2v) is 15.6. The first-order chi connectivity index (χ1) is 18.8. The van der Waals surface area contributed by atoms with Gasteiger partial charge in [0.25, 0.3) is 0 Å². The Balaban J connectivity index is 2.02. The highest BCUT2D eigenvalue weighted by Gasteiger charge is 2.48. The van der Waals surface area contributed by atoms with Crippen LogP contribution in [0, 0.1) is 0 Å². The third kappa shape index (κ3) is 5.63. The molecule has 0 heterocycles. The zero-order chi connectivity index (χ0) is 28.0. The van der Waals surface area contributed by atoms with Crippen LogP contribution >= 0.6 is 14.6 Å². The molecule has 0 unspecified atom stereocenters. The van der Waals surface area contributed by atoms with Crippen molar-refractivity contribution in [3.8, 4) is 0 Å². The Kier molecular flexibility index (Phi) is 9.47. The summed E-state index contributed by atoms with van der Waals surface area (Å²) in [7, 11) is -6.68. The summed E-state index contributed by atoms with van der Waals surface area (Å²) in [6, 6.07) is 38.9. The van der Waals surface area contributed by atoms with E-state index in [1.54, 1.807) is 0 Å². The van der Waals surface area contributed by atoms with E-state index in [0.29, 0.717) is 6.42 Å². The van der Waals surface area contributed by atoms with Crippen LogP contribution in [0.2, 0.25) is 0 Å². The molecule has 0 amide bonds. The van der Waals surface area contributed by atoms with Gasteiger partial charge in [-0.2, -0.15) is 0 Å². The minimum atomic E-state index is -3.34. The van der Waals surface area contributed by atoms with Crippen molar-refractivity contribution in [1.82, 2.24) is 9.34 Å². The summed E-state index contributed by atoms with van der Waals surface area (Å²) in [5.41, 5.74) is 0.